The fourth-order valence-electron chi connectivity index (χ4n) is 3.04. The van der Waals surface area contributed by atoms with Crippen LogP contribution in [0.4, 0.5) is 4.39 Å². The molecule has 0 spiro atoms. The van der Waals surface area contributed by atoms with E-state index in [2.05, 4.69) is 20.3 Å². The van der Waals surface area contributed by atoms with Gasteiger partial charge in [-0.25, -0.2) is 9.18 Å². The molecule has 156 valence electrons. The number of carboxylic acid groups (broad SMARTS) is 1. The van der Waals surface area contributed by atoms with E-state index in [0.717, 1.165) is 12.3 Å². The number of hydrogen-bond acceptors (Lipinski definition) is 6. The lowest BCUT2D eigenvalue weighted by molar-refractivity contribution is 0.0695. The molecule has 0 aliphatic rings. The van der Waals surface area contributed by atoms with Gasteiger partial charge in [0.25, 0.3) is 0 Å². The standard InChI is InChI=1S/C20H14ClFN6O3/c1-11-25-26-18(28(11)24-8-12-4-2-3-5-23-12)10-27-9-14(20(30)31)19(29)13-6-16(22)15(21)7-17(13)27/h2-9H,10H2,1H3,(H,30,31)/b24-8+. The van der Waals surface area contributed by atoms with E-state index >= 15 is 0 Å². The van der Waals surface area contributed by atoms with E-state index in [0.29, 0.717) is 17.3 Å². The topological polar surface area (TPSA) is 115 Å². The summed E-state index contributed by atoms with van der Waals surface area (Å²) in [6.45, 7) is 1.70. The maximum Gasteiger partial charge on any atom is 0.341 e. The van der Waals surface area contributed by atoms with Crippen molar-refractivity contribution in [2.24, 2.45) is 5.10 Å². The number of rotatable bonds is 5. The smallest absolute Gasteiger partial charge is 0.341 e. The van der Waals surface area contributed by atoms with Crippen LogP contribution in [-0.2, 0) is 6.54 Å². The van der Waals surface area contributed by atoms with Crippen molar-refractivity contribution < 1.29 is 14.3 Å². The largest absolute Gasteiger partial charge is 0.477 e. The number of nitrogens with zero attached hydrogens (tertiary/aromatic N) is 6. The second kappa shape index (κ2) is 8.07. The maximum absolute atomic E-state index is 14.0. The minimum atomic E-state index is -1.43. The Hall–Kier alpha value is -3.92. The van der Waals surface area contributed by atoms with Crippen LogP contribution in [-0.4, -0.2) is 41.7 Å². The first-order valence-electron chi connectivity index (χ1n) is 8.97. The molecule has 31 heavy (non-hydrogen) atoms. The van der Waals surface area contributed by atoms with Crippen molar-refractivity contribution in [3.8, 4) is 0 Å². The van der Waals surface area contributed by atoms with Gasteiger partial charge in [-0.15, -0.1) is 10.2 Å². The highest BCUT2D eigenvalue weighted by Gasteiger charge is 2.18. The molecule has 0 aliphatic carbocycles. The number of aromatic carboxylic acids is 1. The lowest BCUT2D eigenvalue weighted by Crippen LogP contribution is -2.20. The van der Waals surface area contributed by atoms with E-state index in [1.807, 2.05) is 6.07 Å². The third-order valence-corrected chi connectivity index (χ3v) is 4.81. The van der Waals surface area contributed by atoms with Gasteiger partial charge in [0.1, 0.15) is 11.4 Å². The summed E-state index contributed by atoms with van der Waals surface area (Å²) < 4.78 is 16.9. The lowest BCUT2D eigenvalue weighted by Gasteiger charge is -2.12. The van der Waals surface area contributed by atoms with Gasteiger partial charge in [0.2, 0.25) is 5.43 Å². The van der Waals surface area contributed by atoms with E-state index in [1.165, 1.54) is 21.5 Å². The molecule has 0 saturated heterocycles. The van der Waals surface area contributed by atoms with E-state index in [1.54, 1.807) is 25.3 Å². The van der Waals surface area contributed by atoms with Gasteiger partial charge in [-0.2, -0.15) is 9.78 Å². The molecule has 0 radical (unpaired) electrons. The molecule has 0 bridgehead atoms. The van der Waals surface area contributed by atoms with Crippen LogP contribution in [0.3, 0.4) is 0 Å². The van der Waals surface area contributed by atoms with Gasteiger partial charge in [0.05, 0.1) is 29.0 Å². The summed E-state index contributed by atoms with van der Waals surface area (Å²) in [5.74, 6) is -1.41. The molecular weight excluding hydrogens is 427 g/mol. The van der Waals surface area contributed by atoms with Crippen molar-refractivity contribution in [1.82, 2.24) is 24.4 Å². The molecule has 0 unspecified atom stereocenters. The van der Waals surface area contributed by atoms with Gasteiger partial charge in [-0.1, -0.05) is 17.7 Å². The number of benzene rings is 1. The predicted molar refractivity (Wildman–Crippen MR) is 111 cm³/mol. The molecule has 3 heterocycles. The second-order valence-electron chi connectivity index (χ2n) is 6.56. The van der Waals surface area contributed by atoms with Crippen LogP contribution in [0.1, 0.15) is 27.7 Å². The van der Waals surface area contributed by atoms with Gasteiger partial charge in [-0.05, 0) is 31.2 Å². The molecule has 1 N–H and O–H groups in total. The van der Waals surface area contributed by atoms with Crippen LogP contribution < -0.4 is 5.43 Å². The Kier molecular flexibility index (Phi) is 5.30. The number of aromatic nitrogens is 5. The highest BCUT2D eigenvalue weighted by atomic mass is 35.5. The van der Waals surface area contributed by atoms with Crippen LogP contribution in [0, 0.1) is 12.7 Å². The van der Waals surface area contributed by atoms with E-state index in [4.69, 9.17) is 11.6 Å². The fourth-order valence-corrected chi connectivity index (χ4v) is 3.20. The Balaban J connectivity index is 1.84. The molecule has 0 amide bonds. The maximum atomic E-state index is 14.0. The molecule has 9 nitrogen and oxygen atoms in total. The normalized spacial score (nSPS) is 11.5. The number of carbonyl (C=O) groups is 1. The van der Waals surface area contributed by atoms with Crippen molar-refractivity contribution in [2.45, 2.75) is 13.5 Å². The Morgan fingerprint density at radius 1 is 1.32 bits per heavy atom. The number of aryl methyl sites for hydroxylation is 1. The average Bonchev–Trinajstić information content (AvgIpc) is 3.09. The molecule has 4 aromatic rings. The molecule has 3 aromatic heterocycles. The summed E-state index contributed by atoms with van der Waals surface area (Å²) in [7, 11) is 0. The monoisotopic (exact) mass is 440 g/mol. The molecule has 4 rings (SSSR count). The Bertz CT molecular complexity index is 1400. The van der Waals surface area contributed by atoms with Crippen molar-refractivity contribution in [1.29, 1.82) is 0 Å². The summed E-state index contributed by atoms with van der Waals surface area (Å²) in [4.78, 5) is 28.2. The van der Waals surface area contributed by atoms with Gasteiger partial charge >= 0.3 is 5.97 Å². The molecule has 11 heteroatoms. The third kappa shape index (κ3) is 3.92. The van der Waals surface area contributed by atoms with Crippen molar-refractivity contribution in [2.75, 3.05) is 0 Å². The fraction of sp³-hybridized carbons (Fsp3) is 0.100. The minimum absolute atomic E-state index is 0.000576. The molecular formula is C20H14ClFN6O3. The zero-order chi connectivity index (χ0) is 22.1. The Morgan fingerprint density at radius 3 is 2.84 bits per heavy atom. The third-order valence-electron chi connectivity index (χ3n) is 4.52. The second-order valence-corrected chi connectivity index (χ2v) is 6.97. The summed E-state index contributed by atoms with van der Waals surface area (Å²) in [6.07, 6.45) is 4.32. The Labute approximate surface area is 179 Å². The first-order chi connectivity index (χ1) is 14.8. The zero-order valence-corrected chi connectivity index (χ0v) is 16.8. The SMILES string of the molecule is Cc1nnc(Cn2cc(C(=O)O)c(=O)c3cc(F)c(Cl)cc32)n1/N=C/c1ccccn1. The van der Waals surface area contributed by atoms with Gasteiger partial charge < -0.3 is 9.67 Å². The number of carboxylic acids is 1. The van der Waals surface area contributed by atoms with Crippen LogP contribution in [0.25, 0.3) is 10.9 Å². The van der Waals surface area contributed by atoms with Crippen LogP contribution >= 0.6 is 11.6 Å². The van der Waals surface area contributed by atoms with E-state index in [9.17, 15) is 19.1 Å². The van der Waals surface area contributed by atoms with E-state index < -0.39 is 22.8 Å². The van der Waals surface area contributed by atoms with Crippen LogP contribution in [0.2, 0.25) is 5.02 Å². The number of halogens is 2. The predicted octanol–water partition coefficient (Wildman–Crippen LogP) is 2.72. The highest BCUT2D eigenvalue weighted by molar-refractivity contribution is 6.31. The van der Waals surface area contributed by atoms with Gasteiger partial charge in [-0.3, -0.25) is 9.78 Å². The summed E-state index contributed by atoms with van der Waals surface area (Å²) in [6, 6.07) is 7.56. The summed E-state index contributed by atoms with van der Waals surface area (Å²) in [5, 5.41) is 21.6. The van der Waals surface area contributed by atoms with Crippen molar-refractivity contribution in [3.63, 3.8) is 0 Å². The summed E-state index contributed by atoms with van der Waals surface area (Å²) >= 11 is 5.90. The molecule has 1 aromatic carbocycles. The number of fused-ring (bicyclic) bond motifs is 1. The van der Waals surface area contributed by atoms with Crippen LogP contribution in [0.5, 0.6) is 0 Å². The average molecular weight is 441 g/mol. The molecule has 0 aliphatic heterocycles. The first-order valence-corrected chi connectivity index (χ1v) is 9.34. The first kappa shape index (κ1) is 20.4. The van der Waals surface area contributed by atoms with Crippen molar-refractivity contribution >= 4 is 34.7 Å². The molecule has 0 fully saturated rings. The lowest BCUT2D eigenvalue weighted by atomic mass is 10.1. The quantitative estimate of drug-likeness (QED) is 0.477. The molecule has 0 saturated carbocycles. The van der Waals surface area contributed by atoms with Gasteiger partial charge in [0.15, 0.2) is 11.6 Å². The van der Waals surface area contributed by atoms with E-state index in [-0.39, 0.29) is 22.5 Å². The van der Waals surface area contributed by atoms with Crippen molar-refractivity contribution in [3.05, 3.63) is 86.7 Å². The zero-order valence-electron chi connectivity index (χ0n) is 16.0. The molecule has 0 atom stereocenters. The summed E-state index contributed by atoms with van der Waals surface area (Å²) in [5.41, 5.74) is -0.442. The minimum Gasteiger partial charge on any atom is -0.477 e. The number of pyridine rings is 2. The van der Waals surface area contributed by atoms with Gasteiger partial charge in [0, 0.05) is 17.8 Å². The highest BCUT2D eigenvalue weighted by Crippen LogP contribution is 2.22. The van der Waals surface area contributed by atoms with Crippen LogP contribution in [0.15, 0.2) is 52.6 Å². The number of hydrogen-bond donors (Lipinski definition) is 1. The Morgan fingerprint density at radius 2 is 2.13 bits per heavy atom.